The van der Waals surface area contributed by atoms with E-state index in [1.165, 1.54) is 0 Å². The fourth-order valence-electron chi connectivity index (χ4n) is 3.25. The van der Waals surface area contributed by atoms with E-state index in [-0.39, 0.29) is 11.8 Å². The molecule has 0 radical (unpaired) electrons. The Kier molecular flexibility index (Phi) is 11.0. The number of rotatable bonds is 12. The molecule has 0 aromatic heterocycles. The number of amides is 2. The fraction of sp³-hybridized carbons (Fsp3) is 0.440. The first-order valence-electron chi connectivity index (χ1n) is 10.9. The smallest absolute Gasteiger partial charge is 0.242 e. The monoisotopic (exact) mass is 460 g/mol. The predicted molar refractivity (Wildman–Crippen MR) is 131 cm³/mol. The van der Waals surface area contributed by atoms with Gasteiger partial charge in [-0.1, -0.05) is 62.7 Å². The molecule has 1 N–H and O–H groups in total. The Hall–Kier alpha value is -1.98. The summed E-state index contributed by atoms with van der Waals surface area (Å²) in [6.07, 6.45) is 1.70. The number of carbonyl (C=O) groups excluding carboxylic acids is 2. The summed E-state index contributed by atoms with van der Waals surface area (Å²) in [5.41, 5.74) is 1.16. The first-order chi connectivity index (χ1) is 14.9. The first kappa shape index (κ1) is 25.3. The van der Waals surface area contributed by atoms with Crippen LogP contribution in [0.4, 0.5) is 0 Å². The highest BCUT2D eigenvalue weighted by Crippen LogP contribution is 2.22. The molecule has 4 nitrogen and oxygen atoms in total. The minimum atomic E-state index is -0.449. The third-order valence-electron chi connectivity index (χ3n) is 4.95. The van der Waals surface area contributed by atoms with Gasteiger partial charge in [0.25, 0.3) is 0 Å². The van der Waals surface area contributed by atoms with E-state index in [1.54, 1.807) is 16.7 Å². The lowest BCUT2D eigenvalue weighted by atomic mass is 10.1. The van der Waals surface area contributed by atoms with Crippen molar-refractivity contribution >= 4 is 35.2 Å². The van der Waals surface area contributed by atoms with Gasteiger partial charge in [0.05, 0.1) is 0 Å². The summed E-state index contributed by atoms with van der Waals surface area (Å²) in [5, 5.41) is 3.70. The van der Waals surface area contributed by atoms with Crippen LogP contribution in [0.25, 0.3) is 0 Å². The van der Waals surface area contributed by atoms with E-state index in [1.807, 2.05) is 49.4 Å². The highest BCUT2D eigenvalue weighted by molar-refractivity contribution is 7.99. The maximum Gasteiger partial charge on any atom is 0.242 e. The molecule has 168 valence electrons. The van der Waals surface area contributed by atoms with Gasteiger partial charge in [-0.2, -0.15) is 0 Å². The van der Waals surface area contributed by atoms with E-state index in [0.717, 1.165) is 16.9 Å². The number of nitrogens with one attached hydrogen (secondary N) is 1. The number of hydrogen-bond donors (Lipinski definition) is 1. The number of halogens is 1. The lowest BCUT2D eigenvalue weighted by Crippen LogP contribution is -2.50. The van der Waals surface area contributed by atoms with E-state index < -0.39 is 6.04 Å². The van der Waals surface area contributed by atoms with Crippen molar-refractivity contribution in [1.82, 2.24) is 10.2 Å². The molecule has 6 heteroatoms. The summed E-state index contributed by atoms with van der Waals surface area (Å²) in [6.45, 7) is 7.23. The van der Waals surface area contributed by atoms with E-state index in [4.69, 9.17) is 11.6 Å². The molecule has 1 atom stereocenters. The van der Waals surface area contributed by atoms with Crippen molar-refractivity contribution in [2.45, 2.75) is 51.0 Å². The third kappa shape index (κ3) is 8.96. The minimum Gasteiger partial charge on any atom is -0.354 e. The van der Waals surface area contributed by atoms with Crippen LogP contribution >= 0.6 is 23.4 Å². The normalized spacial score (nSPS) is 11.9. The van der Waals surface area contributed by atoms with Gasteiger partial charge >= 0.3 is 0 Å². The number of thioether (sulfide) groups is 1. The molecule has 0 aliphatic rings. The quantitative estimate of drug-likeness (QED) is 0.429. The molecule has 31 heavy (non-hydrogen) atoms. The van der Waals surface area contributed by atoms with Crippen molar-refractivity contribution in [2.24, 2.45) is 5.92 Å². The van der Waals surface area contributed by atoms with Gasteiger partial charge in [0.15, 0.2) is 0 Å². The van der Waals surface area contributed by atoms with Crippen LogP contribution < -0.4 is 5.32 Å². The molecule has 2 rings (SSSR count). The zero-order valence-electron chi connectivity index (χ0n) is 18.6. The van der Waals surface area contributed by atoms with Crippen LogP contribution in [0.15, 0.2) is 59.5 Å². The van der Waals surface area contributed by atoms with Crippen LogP contribution in [-0.4, -0.2) is 41.6 Å². The molecule has 0 fully saturated rings. The Morgan fingerprint density at radius 2 is 1.74 bits per heavy atom. The van der Waals surface area contributed by atoms with Crippen LogP contribution in [-0.2, 0) is 16.0 Å². The van der Waals surface area contributed by atoms with Crippen molar-refractivity contribution in [2.75, 3.05) is 18.8 Å². The molecule has 2 aromatic rings. The Bertz CT molecular complexity index is 812. The van der Waals surface area contributed by atoms with Crippen molar-refractivity contribution in [1.29, 1.82) is 0 Å². The minimum absolute atomic E-state index is 0.0175. The average Bonchev–Trinajstić information content (AvgIpc) is 2.77. The summed E-state index contributed by atoms with van der Waals surface area (Å²) < 4.78 is 0. The molecular formula is C25H33ClN2O2S. The maximum absolute atomic E-state index is 13.2. The van der Waals surface area contributed by atoms with E-state index in [0.29, 0.717) is 42.6 Å². The topological polar surface area (TPSA) is 49.4 Å². The van der Waals surface area contributed by atoms with Gasteiger partial charge < -0.3 is 10.2 Å². The largest absolute Gasteiger partial charge is 0.354 e. The number of carbonyl (C=O) groups is 2. The molecule has 0 spiro atoms. The maximum atomic E-state index is 13.2. The Labute approximate surface area is 195 Å². The van der Waals surface area contributed by atoms with Crippen LogP contribution in [0.1, 0.15) is 39.2 Å². The lowest BCUT2D eigenvalue weighted by Gasteiger charge is -2.31. The average molecular weight is 461 g/mol. The Morgan fingerprint density at radius 3 is 2.35 bits per heavy atom. The van der Waals surface area contributed by atoms with E-state index >= 15 is 0 Å². The highest BCUT2D eigenvalue weighted by atomic mass is 35.5. The van der Waals surface area contributed by atoms with Crippen molar-refractivity contribution < 1.29 is 9.59 Å². The van der Waals surface area contributed by atoms with Crippen molar-refractivity contribution in [3.05, 3.63) is 65.2 Å². The van der Waals surface area contributed by atoms with Gasteiger partial charge in [0.2, 0.25) is 11.8 Å². The van der Waals surface area contributed by atoms with Gasteiger partial charge in [-0.15, -0.1) is 11.8 Å². The molecule has 0 saturated heterocycles. The molecule has 0 heterocycles. The van der Waals surface area contributed by atoms with Crippen LogP contribution in [0.5, 0.6) is 0 Å². The number of nitrogens with zero attached hydrogens (tertiary/aromatic N) is 1. The molecule has 0 saturated carbocycles. The Balaban J connectivity index is 2.03. The third-order valence-corrected chi connectivity index (χ3v) is 6.22. The van der Waals surface area contributed by atoms with Gasteiger partial charge in [0, 0.05) is 35.2 Å². The first-order valence-corrected chi connectivity index (χ1v) is 12.3. The zero-order chi connectivity index (χ0) is 22.6. The molecule has 0 aliphatic heterocycles. The summed E-state index contributed by atoms with van der Waals surface area (Å²) >= 11 is 7.57. The highest BCUT2D eigenvalue weighted by Gasteiger charge is 2.28. The second kappa shape index (κ2) is 13.4. The van der Waals surface area contributed by atoms with Gasteiger partial charge in [-0.05, 0) is 48.6 Å². The van der Waals surface area contributed by atoms with Crippen LogP contribution in [0, 0.1) is 5.92 Å². The predicted octanol–water partition coefficient (Wildman–Crippen LogP) is 5.44. The molecular weight excluding hydrogens is 428 g/mol. The summed E-state index contributed by atoms with van der Waals surface area (Å²) in [7, 11) is 0. The summed E-state index contributed by atoms with van der Waals surface area (Å²) in [6, 6.07) is 17.3. The number of hydrogen-bond acceptors (Lipinski definition) is 3. The van der Waals surface area contributed by atoms with E-state index in [2.05, 4.69) is 31.3 Å². The molecule has 2 aromatic carbocycles. The number of benzene rings is 2. The summed E-state index contributed by atoms with van der Waals surface area (Å²) in [4.78, 5) is 28.9. The molecule has 0 bridgehead atoms. The standard InChI is InChI=1S/C25H33ClN2O2S/c1-4-23(25(30)27-18-19(2)3)28(16-14-20-8-6-5-7-9-20)24(29)15-17-31-22-12-10-21(26)11-13-22/h5-13,19,23H,4,14-18H2,1-3H3,(H,27,30)/t23-/m1/s1. The van der Waals surface area contributed by atoms with Gasteiger partial charge in [0.1, 0.15) is 6.04 Å². The second-order valence-electron chi connectivity index (χ2n) is 7.94. The molecule has 2 amide bonds. The SMILES string of the molecule is CC[C@H](C(=O)NCC(C)C)N(CCc1ccccc1)C(=O)CCSc1ccc(Cl)cc1. The second-order valence-corrected chi connectivity index (χ2v) is 9.54. The molecule has 0 aliphatic carbocycles. The van der Waals surface area contributed by atoms with E-state index in [9.17, 15) is 9.59 Å². The Morgan fingerprint density at radius 1 is 1.06 bits per heavy atom. The summed E-state index contributed by atoms with van der Waals surface area (Å²) in [5.74, 6) is 0.976. The zero-order valence-corrected chi connectivity index (χ0v) is 20.2. The van der Waals surface area contributed by atoms with Crippen LogP contribution in [0.3, 0.4) is 0 Å². The van der Waals surface area contributed by atoms with Crippen LogP contribution in [0.2, 0.25) is 5.02 Å². The fourth-order valence-corrected chi connectivity index (χ4v) is 4.22. The van der Waals surface area contributed by atoms with Crippen molar-refractivity contribution in [3.8, 4) is 0 Å². The van der Waals surface area contributed by atoms with Gasteiger partial charge in [-0.3, -0.25) is 9.59 Å². The van der Waals surface area contributed by atoms with Crippen molar-refractivity contribution in [3.63, 3.8) is 0 Å². The van der Waals surface area contributed by atoms with Gasteiger partial charge in [-0.25, -0.2) is 0 Å². The molecule has 0 unspecified atom stereocenters. The lowest BCUT2D eigenvalue weighted by molar-refractivity contribution is -0.140.